The van der Waals surface area contributed by atoms with Crippen LogP contribution in [0.2, 0.25) is 0 Å². The largest absolute Gasteiger partial charge is 0.496 e. The molecule has 0 radical (unpaired) electrons. The Balaban J connectivity index is 2.00. The van der Waals surface area contributed by atoms with Crippen molar-refractivity contribution in [1.82, 2.24) is 0 Å². The zero-order valence-electron chi connectivity index (χ0n) is 11.8. The Hall–Kier alpha value is -2.19. The molecule has 21 heavy (non-hydrogen) atoms. The molecule has 3 aromatic carbocycles. The van der Waals surface area contributed by atoms with Gasteiger partial charge in [0.25, 0.3) is 0 Å². The van der Waals surface area contributed by atoms with Crippen LogP contribution in [-0.4, -0.2) is 7.11 Å². The summed E-state index contributed by atoms with van der Waals surface area (Å²) in [6.07, 6.45) is 0. The molecule has 0 unspecified atom stereocenters. The number of methoxy groups -OCH3 is 1. The summed E-state index contributed by atoms with van der Waals surface area (Å²) in [4.78, 5) is 2.36. The van der Waals surface area contributed by atoms with Crippen molar-refractivity contribution in [2.75, 3.05) is 7.11 Å². The van der Waals surface area contributed by atoms with E-state index in [0.717, 1.165) is 10.6 Å². The van der Waals surface area contributed by atoms with Gasteiger partial charge >= 0.3 is 0 Å². The fraction of sp³-hybridized carbons (Fsp3) is 0.0526. The number of ether oxygens (including phenoxy) is 1. The van der Waals surface area contributed by atoms with Gasteiger partial charge in [-0.3, -0.25) is 0 Å². The van der Waals surface area contributed by atoms with E-state index < -0.39 is 0 Å². The van der Waals surface area contributed by atoms with Gasteiger partial charge in [0.2, 0.25) is 0 Å². The van der Waals surface area contributed by atoms with Crippen LogP contribution in [0.4, 0.5) is 0 Å². The molecule has 0 heterocycles. The van der Waals surface area contributed by atoms with Crippen LogP contribution in [0.15, 0.2) is 88.7 Å². The number of rotatable bonds is 4. The minimum atomic E-state index is 0.908. The molecule has 2 heteroatoms. The van der Waals surface area contributed by atoms with E-state index in [4.69, 9.17) is 4.74 Å². The van der Waals surface area contributed by atoms with E-state index in [1.54, 1.807) is 18.9 Å². The molecule has 3 rings (SSSR count). The van der Waals surface area contributed by atoms with Gasteiger partial charge in [-0.25, -0.2) is 0 Å². The standard InChI is InChI=1S/C19H16OS/c1-20-17-12-6-8-14-19(17)21-18-13-7-5-11-16(18)15-9-3-2-4-10-15/h2-14H,1H3. The lowest BCUT2D eigenvalue weighted by atomic mass is 10.1. The molecule has 0 bridgehead atoms. The first-order valence-corrected chi connectivity index (χ1v) is 7.65. The first-order chi connectivity index (χ1) is 10.4. The fourth-order valence-corrected chi connectivity index (χ4v) is 3.31. The van der Waals surface area contributed by atoms with Crippen LogP contribution in [-0.2, 0) is 0 Å². The van der Waals surface area contributed by atoms with Gasteiger partial charge in [0.05, 0.1) is 12.0 Å². The average Bonchev–Trinajstić information content (AvgIpc) is 2.57. The fourth-order valence-electron chi connectivity index (χ4n) is 2.23. The van der Waals surface area contributed by atoms with Crippen molar-refractivity contribution in [3.63, 3.8) is 0 Å². The van der Waals surface area contributed by atoms with E-state index in [1.165, 1.54) is 16.0 Å². The SMILES string of the molecule is COc1ccccc1Sc1ccccc1-c1ccccc1. The second kappa shape index (κ2) is 6.51. The first kappa shape index (κ1) is 13.8. The third-order valence-electron chi connectivity index (χ3n) is 3.26. The predicted octanol–water partition coefficient (Wildman–Crippen LogP) is 5.51. The molecule has 3 aromatic rings. The Morgan fingerprint density at radius 1 is 0.667 bits per heavy atom. The van der Waals surface area contributed by atoms with Gasteiger partial charge in [0, 0.05) is 4.90 Å². The van der Waals surface area contributed by atoms with E-state index >= 15 is 0 Å². The van der Waals surface area contributed by atoms with Gasteiger partial charge < -0.3 is 4.74 Å². The Labute approximate surface area is 129 Å². The topological polar surface area (TPSA) is 9.23 Å². The minimum absolute atomic E-state index is 0.908. The van der Waals surface area contributed by atoms with Gasteiger partial charge in [-0.15, -0.1) is 0 Å². The summed E-state index contributed by atoms with van der Waals surface area (Å²) in [6.45, 7) is 0. The molecule has 0 aliphatic rings. The van der Waals surface area contributed by atoms with Gasteiger partial charge in [-0.05, 0) is 29.3 Å². The molecule has 0 spiro atoms. The molecule has 0 amide bonds. The van der Waals surface area contributed by atoms with Crippen LogP contribution >= 0.6 is 11.8 Å². The Bertz CT molecular complexity index is 722. The van der Waals surface area contributed by atoms with Crippen LogP contribution in [0, 0.1) is 0 Å². The summed E-state index contributed by atoms with van der Waals surface area (Å²) < 4.78 is 5.44. The second-order valence-electron chi connectivity index (χ2n) is 4.62. The molecule has 0 aromatic heterocycles. The number of benzene rings is 3. The summed E-state index contributed by atoms with van der Waals surface area (Å²) in [6, 6.07) is 27.0. The molecular weight excluding hydrogens is 276 g/mol. The predicted molar refractivity (Wildman–Crippen MR) is 89.0 cm³/mol. The van der Waals surface area contributed by atoms with Crippen LogP contribution in [0.1, 0.15) is 0 Å². The Kier molecular flexibility index (Phi) is 4.27. The molecule has 0 fully saturated rings. The van der Waals surface area contributed by atoms with Crippen molar-refractivity contribution in [2.24, 2.45) is 0 Å². The van der Waals surface area contributed by atoms with Crippen LogP contribution < -0.4 is 4.74 Å². The van der Waals surface area contributed by atoms with Gasteiger partial charge in [-0.2, -0.15) is 0 Å². The lowest BCUT2D eigenvalue weighted by Gasteiger charge is -2.11. The molecular formula is C19H16OS. The van der Waals surface area contributed by atoms with E-state index in [-0.39, 0.29) is 0 Å². The summed E-state index contributed by atoms with van der Waals surface area (Å²) in [5.74, 6) is 0.908. The van der Waals surface area contributed by atoms with Crippen LogP contribution in [0.3, 0.4) is 0 Å². The van der Waals surface area contributed by atoms with Crippen LogP contribution in [0.25, 0.3) is 11.1 Å². The second-order valence-corrected chi connectivity index (χ2v) is 5.70. The van der Waals surface area contributed by atoms with Crippen molar-refractivity contribution in [1.29, 1.82) is 0 Å². The molecule has 0 aliphatic heterocycles. The molecule has 0 N–H and O–H groups in total. The maximum Gasteiger partial charge on any atom is 0.132 e. The zero-order chi connectivity index (χ0) is 14.5. The smallest absolute Gasteiger partial charge is 0.132 e. The summed E-state index contributed by atoms with van der Waals surface area (Å²) >= 11 is 1.74. The molecule has 0 saturated heterocycles. The molecule has 104 valence electrons. The van der Waals surface area contributed by atoms with E-state index in [2.05, 4.69) is 54.6 Å². The number of hydrogen-bond acceptors (Lipinski definition) is 2. The van der Waals surface area contributed by atoms with Gasteiger partial charge in [-0.1, -0.05) is 72.4 Å². The summed E-state index contributed by atoms with van der Waals surface area (Å²) in [5, 5.41) is 0. The van der Waals surface area contributed by atoms with Crippen molar-refractivity contribution in [2.45, 2.75) is 9.79 Å². The Morgan fingerprint density at radius 3 is 2.05 bits per heavy atom. The van der Waals surface area contributed by atoms with E-state index in [1.807, 2.05) is 24.3 Å². The van der Waals surface area contributed by atoms with Gasteiger partial charge in [0.1, 0.15) is 5.75 Å². The zero-order valence-corrected chi connectivity index (χ0v) is 12.6. The molecule has 0 saturated carbocycles. The third kappa shape index (κ3) is 3.11. The van der Waals surface area contributed by atoms with Crippen molar-refractivity contribution < 1.29 is 4.74 Å². The highest BCUT2D eigenvalue weighted by molar-refractivity contribution is 7.99. The number of para-hydroxylation sites is 1. The van der Waals surface area contributed by atoms with E-state index in [9.17, 15) is 0 Å². The molecule has 0 atom stereocenters. The van der Waals surface area contributed by atoms with E-state index in [0.29, 0.717) is 0 Å². The monoisotopic (exact) mass is 292 g/mol. The summed E-state index contributed by atoms with van der Waals surface area (Å²) in [7, 11) is 1.71. The average molecular weight is 292 g/mol. The highest BCUT2D eigenvalue weighted by atomic mass is 32.2. The van der Waals surface area contributed by atoms with Crippen molar-refractivity contribution >= 4 is 11.8 Å². The van der Waals surface area contributed by atoms with Crippen molar-refractivity contribution in [3.8, 4) is 16.9 Å². The normalized spacial score (nSPS) is 10.3. The lowest BCUT2D eigenvalue weighted by Crippen LogP contribution is -1.86. The summed E-state index contributed by atoms with van der Waals surface area (Å²) in [5.41, 5.74) is 2.48. The number of hydrogen-bond donors (Lipinski definition) is 0. The molecule has 1 nitrogen and oxygen atoms in total. The molecule has 0 aliphatic carbocycles. The quantitative estimate of drug-likeness (QED) is 0.626. The first-order valence-electron chi connectivity index (χ1n) is 6.84. The third-order valence-corrected chi connectivity index (χ3v) is 4.39. The maximum atomic E-state index is 5.44. The lowest BCUT2D eigenvalue weighted by molar-refractivity contribution is 0.405. The van der Waals surface area contributed by atoms with Crippen molar-refractivity contribution in [3.05, 3.63) is 78.9 Å². The maximum absolute atomic E-state index is 5.44. The van der Waals surface area contributed by atoms with Crippen LogP contribution in [0.5, 0.6) is 5.75 Å². The highest BCUT2D eigenvalue weighted by Crippen LogP contribution is 2.39. The van der Waals surface area contributed by atoms with Gasteiger partial charge in [0.15, 0.2) is 0 Å². The Morgan fingerprint density at radius 2 is 1.29 bits per heavy atom. The highest BCUT2D eigenvalue weighted by Gasteiger charge is 2.08. The minimum Gasteiger partial charge on any atom is -0.496 e.